The molecule has 0 atom stereocenters. The van der Waals surface area contributed by atoms with E-state index in [0.717, 1.165) is 17.1 Å². The molecule has 0 saturated heterocycles. The van der Waals surface area contributed by atoms with E-state index in [0.29, 0.717) is 18.0 Å². The molecule has 4 nitrogen and oxygen atoms in total. The lowest BCUT2D eigenvalue weighted by Crippen LogP contribution is -2.22. The van der Waals surface area contributed by atoms with Crippen LogP contribution in [-0.2, 0) is 6.54 Å². The molecule has 2 aromatic carbocycles. The minimum Gasteiger partial charge on any atom is -0.457 e. The number of hydrogen-bond acceptors (Lipinski definition) is 3. The summed E-state index contributed by atoms with van der Waals surface area (Å²) in [4.78, 5) is 16.0. The highest BCUT2D eigenvalue weighted by atomic mass is 16.5. The highest BCUT2D eigenvalue weighted by Crippen LogP contribution is 2.24. The van der Waals surface area contributed by atoms with Gasteiger partial charge in [0.25, 0.3) is 5.91 Å². The number of carbonyl (C=O) groups excluding carboxylic acids is 1. The van der Waals surface area contributed by atoms with E-state index in [2.05, 4.69) is 36.3 Å². The SMILES string of the molecule is CC(C)c1ccc(Oc2ccc(CNC(=O)c3cccnc3)cc2)cc1. The van der Waals surface area contributed by atoms with Crippen LogP contribution in [0.2, 0.25) is 0 Å². The molecule has 1 aromatic heterocycles. The average Bonchev–Trinajstić information content (AvgIpc) is 2.68. The lowest BCUT2D eigenvalue weighted by molar-refractivity contribution is 0.0950. The number of hydrogen-bond donors (Lipinski definition) is 1. The Bertz CT molecular complexity index is 842. The van der Waals surface area contributed by atoms with E-state index in [9.17, 15) is 4.79 Å². The lowest BCUT2D eigenvalue weighted by atomic mass is 10.0. The van der Waals surface area contributed by atoms with Crippen LogP contribution >= 0.6 is 0 Å². The third kappa shape index (κ3) is 4.70. The van der Waals surface area contributed by atoms with Gasteiger partial charge in [0.1, 0.15) is 11.5 Å². The molecule has 1 N–H and O–H groups in total. The van der Waals surface area contributed by atoms with Gasteiger partial charge in [-0.2, -0.15) is 0 Å². The van der Waals surface area contributed by atoms with Gasteiger partial charge >= 0.3 is 0 Å². The molecule has 0 fully saturated rings. The number of rotatable bonds is 6. The van der Waals surface area contributed by atoms with Crippen LogP contribution in [0.1, 0.15) is 41.3 Å². The summed E-state index contributed by atoms with van der Waals surface area (Å²) in [5.41, 5.74) is 2.85. The van der Waals surface area contributed by atoms with Crippen LogP contribution in [0.3, 0.4) is 0 Å². The van der Waals surface area contributed by atoms with Gasteiger partial charge < -0.3 is 10.1 Å². The summed E-state index contributed by atoms with van der Waals surface area (Å²) >= 11 is 0. The van der Waals surface area contributed by atoms with Gasteiger partial charge in [-0.1, -0.05) is 38.1 Å². The van der Waals surface area contributed by atoms with Gasteiger partial charge in [0.15, 0.2) is 0 Å². The molecule has 0 unspecified atom stereocenters. The van der Waals surface area contributed by atoms with Gasteiger partial charge in [-0.3, -0.25) is 9.78 Å². The molecule has 4 heteroatoms. The molecule has 3 aromatic rings. The summed E-state index contributed by atoms with van der Waals surface area (Å²) in [6.07, 6.45) is 3.20. The van der Waals surface area contributed by atoms with Gasteiger partial charge in [-0.25, -0.2) is 0 Å². The second-order valence-corrected chi connectivity index (χ2v) is 6.39. The first-order valence-corrected chi connectivity index (χ1v) is 8.67. The van der Waals surface area contributed by atoms with E-state index in [1.165, 1.54) is 5.56 Å². The van der Waals surface area contributed by atoms with E-state index in [1.54, 1.807) is 24.5 Å². The molecular weight excluding hydrogens is 324 g/mol. The maximum atomic E-state index is 12.0. The number of pyridine rings is 1. The second-order valence-electron chi connectivity index (χ2n) is 6.39. The highest BCUT2D eigenvalue weighted by molar-refractivity contribution is 5.93. The molecule has 0 aliphatic rings. The maximum Gasteiger partial charge on any atom is 0.253 e. The van der Waals surface area contributed by atoms with Crippen molar-refractivity contribution in [1.29, 1.82) is 0 Å². The zero-order valence-electron chi connectivity index (χ0n) is 15.0. The number of carbonyl (C=O) groups is 1. The summed E-state index contributed by atoms with van der Waals surface area (Å²) < 4.78 is 5.87. The van der Waals surface area contributed by atoms with E-state index < -0.39 is 0 Å². The molecule has 0 aliphatic carbocycles. The fourth-order valence-corrected chi connectivity index (χ4v) is 2.51. The third-order valence-corrected chi connectivity index (χ3v) is 4.08. The Hall–Kier alpha value is -3.14. The zero-order chi connectivity index (χ0) is 18.4. The summed E-state index contributed by atoms with van der Waals surface area (Å²) in [6.45, 7) is 4.79. The van der Waals surface area contributed by atoms with Crippen molar-refractivity contribution in [1.82, 2.24) is 10.3 Å². The van der Waals surface area contributed by atoms with Crippen LogP contribution in [0.5, 0.6) is 11.5 Å². The van der Waals surface area contributed by atoms with E-state index >= 15 is 0 Å². The van der Waals surface area contributed by atoms with E-state index in [-0.39, 0.29) is 5.91 Å². The van der Waals surface area contributed by atoms with Crippen molar-refractivity contribution in [2.24, 2.45) is 0 Å². The lowest BCUT2D eigenvalue weighted by Gasteiger charge is -2.10. The van der Waals surface area contributed by atoms with Gasteiger partial charge in [-0.05, 0) is 53.4 Å². The van der Waals surface area contributed by atoms with E-state index in [1.807, 2.05) is 36.4 Å². The van der Waals surface area contributed by atoms with Crippen molar-refractivity contribution >= 4 is 5.91 Å². The molecule has 0 saturated carbocycles. The Labute approximate surface area is 153 Å². The van der Waals surface area contributed by atoms with Crippen molar-refractivity contribution in [3.63, 3.8) is 0 Å². The molecule has 3 rings (SSSR count). The number of aromatic nitrogens is 1. The predicted molar refractivity (Wildman–Crippen MR) is 102 cm³/mol. The number of nitrogens with zero attached hydrogens (tertiary/aromatic N) is 1. The number of benzene rings is 2. The first-order chi connectivity index (χ1) is 12.6. The summed E-state index contributed by atoms with van der Waals surface area (Å²) in [5, 5.41) is 2.88. The van der Waals surface area contributed by atoms with Gasteiger partial charge in [0.05, 0.1) is 5.56 Å². The first kappa shape index (κ1) is 17.7. The quantitative estimate of drug-likeness (QED) is 0.689. The minimum absolute atomic E-state index is 0.135. The Morgan fingerprint density at radius 1 is 1.00 bits per heavy atom. The molecule has 1 heterocycles. The Balaban J connectivity index is 1.55. The van der Waals surface area contributed by atoms with Crippen molar-refractivity contribution in [3.8, 4) is 11.5 Å². The van der Waals surface area contributed by atoms with Gasteiger partial charge in [-0.15, -0.1) is 0 Å². The van der Waals surface area contributed by atoms with Gasteiger partial charge in [0, 0.05) is 18.9 Å². The smallest absolute Gasteiger partial charge is 0.253 e. The van der Waals surface area contributed by atoms with Crippen LogP contribution in [0.25, 0.3) is 0 Å². The topological polar surface area (TPSA) is 51.2 Å². The average molecular weight is 346 g/mol. The van der Waals surface area contributed by atoms with E-state index in [4.69, 9.17) is 4.74 Å². The molecule has 0 aliphatic heterocycles. The Kier molecular flexibility index (Phi) is 5.64. The number of amides is 1. The number of ether oxygens (including phenoxy) is 1. The fourth-order valence-electron chi connectivity index (χ4n) is 2.51. The number of nitrogens with one attached hydrogen (secondary N) is 1. The van der Waals surface area contributed by atoms with Gasteiger partial charge in [0.2, 0.25) is 0 Å². The first-order valence-electron chi connectivity index (χ1n) is 8.67. The van der Waals surface area contributed by atoms with Crippen LogP contribution < -0.4 is 10.1 Å². The normalized spacial score (nSPS) is 10.6. The molecule has 0 bridgehead atoms. The third-order valence-electron chi connectivity index (χ3n) is 4.08. The predicted octanol–water partition coefficient (Wildman–Crippen LogP) is 4.93. The standard InChI is InChI=1S/C22H22N2O2/c1-16(2)18-7-11-21(12-8-18)26-20-9-5-17(6-10-20)14-24-22(25)19-4-3-13-23-15-19/h3-13,15-16H,14H2,1-2H3,(H,24,25). The highest BCUT2D eigenvalue weighted by Gasteiger charge is 2.05. The monoisotopic (exact) mass is 346 g/mol. The second kappa shape index (κ2) is 8.30. The zero-order valence-corrected chi connectivity index (χ0v) is 15.0. The Morgan fingerprint density at radius 2 is 1.65 bits per heavy atom. The molecule has 0 radical (unpaired) electrons. The molecular formula is C22H22N2O2. The molecule has 0 spiro atoms. The van der Waals surface area contributed by atoms with Crippen molar-refractivity contribution in [2.45, 2.75) is 26.3 Å². The van der Waals surface area contributed by atoms with Crippen molar-refractivity contribution in [3.05, 3.63) is 89.7 Å². The summed E-state index contributed by atoms with van der Waals surface area (Å²) in [5.74, 6) is 1.95. The maximum absolute atomic E-state index is 12.0. The van der Waals surface area contributed by atoms with Crippen molar-refractivity contribution in [2.75, 3.05) is 0 Å². The summed E-state index contributed by atoms with van der Waals surface area (Å²) in [7, 11) is 0. The largest absolute Gasteiger partial charge is 0.457 e. The molecule has 132 valence electrons. The molecule has 1 amide bonds. The fraction of sp³-hybridized carbons (Fsp3) is 0.182. The van der Waals surface area contributed by atoms with Crippen LogP contribution in [0.4, 0.5) is 0 Å². The Morgan fingerprint density at radius 3 is 2.23 bits per heavy atom. The van der Waals surface area contributed by atoms with Crippen LogP contribution in [0, 0.1) is 0 Å². The van der Waals surface area contributed by atoms with Crippen molar-refractivity contribution < 1.29 is 9.53 Å². The molecule has 26 heavy (non-hydrogen) atoms. The summed E-state index contributed by atoms with van der Waals surface area (Å²) in [6, 6.07) is 19.3. The van der Waals surface area contributed by atoms with Crippen LogP contribution in [-0.4, -0.2) is 10.9 Å². The van der Waals surface area contributed by atoms with Crippen LogP contribution in [0.15, 0.2) is 73.1 Å². The minimum atomic E-state index is -0.135.